The molecule has 4 heteroatoms. The number of hydrogen-bond acceptors (Lipinski definition) is 4. The van der Waals surface area contributed by atoms with Crippen molar-refractivity contribution in [2.24, 2.45) is 5.92 Å². The summed E-state index contributed by atoms with van der Waals surface area (Å²) in [4.78, 5) is 16.5. The predicted octanol–water partition coefficient (Wildman–Crippen LogP) is 3.46. The summed E-state index contributed by atoms with van der Waals surface area (Å²) < 4.78 is 5.38. The van der Waals surface area contributed by atoms with Crippen LogP contribution in [0.2, 0.25) is 0 Å². The van der Waals surface area contributed by atoms with Crippen LogP contribution in [0.3, 0.4) is 0 Å². The second kappa shape index (κ2) is 7.60. The van der Waals surface area contributed by atoms with Gasteiger partial charge in [-0.1, -0.05) is 12.6 Å². The summed E-state index contributed by atoms with van der Waals surface area (Å²) in [6.45, 7) is 5.25. The van der Waals surface area contributed by atoms with Gasteiger partial charge in [-0.15, -0.1) is 11.8 Å². The van der Waals surface area contributed by atoms with E-state index < -0.39 is 0 Å². The largest absolute Gasteiger partial charge is 0.381 e. The number of carbonyl (C=O) groups is 1. The molecule has 1 aliphatic rings. The molecule has 1 aromatic rings. The van der Waals surface area contributed by atoms with Crippen LogP contribution >= 0.6 is 11.8 Å². The smallest absolute Gasteiger partial charge is 0.162 e. The highest BCUT2D eigenvalue weighted by atomic mass is 32.2. The molecule has 0 amide bonds. The van der Waals surface area contributed by atoms with Crippen LogP contribution in [0.15, 0.2) is 36.0 Å². The number of ether oxygens (including phenoxy) is 1. The Morgan fingerprint density at radius 1 is 1.55 bits per heavy atom. The molecule has 2 rings (SSSR count). The Bertz CT molecular complexity index is 452. The van der Waals surface area contributed by atoms with E-state index in [1.54, 1.807) is 11.8 Å². The van der Waals surface area contributed by atoms with Crippen molar-refractivity contribution in [3.8, 4) is 0 Å². The standard InChI is InChI=1S/C16H21NO2S/c1-3-15(18)14(10-12-6-8-19-9-7-12)13-4-5-16(20-2)17-11-13/h3-5,11-12,14H,1,6-10H2,2H3. The Morgan fingerprint density at radius 2 is 2.30 bits per heavy atom. The maximum Gasteiger partial charge on any atom is 0.162 e. The lowest BCUT2D eigenvalue weighted by atomic mass is 9.83. The SMILES string of the molecule is C=CC(=O)C(CC1CCOCC1)c1ccc(SC)nc1. The van der Waals surface area contributed by atoms with Gasteiger partial charge in [0.15, 0.2) is 5.78 Å². The van der Waals surface area contributed by atoms with Gasteiger partial charge in [-0.05, 0) is 49.1 Å². The monoisotopic (exact) mass is 291 g/mol. The van der Waals surface area contributed by atoms with Gasteiger partial charge in [-0.3, -0.25) is 4.79 Å². The topological polar surface area (TPSA) is 39.2 Å². The molecule has 0 spiro atoms. The van der Waals surface area contributed by atoms with Gasteiger partial charge >= 0.3 is 0 Å². The summed E-state index contributed by atoms with van der Waals surface area (Å²) in [7, 11) is 0. The second-order valence-corrected chi connectivity index (χ2v) is 5.91. The van der Waals surface area contributed by atoms with Crippen LogP contribution in [0.5, 0.6) is 0 Å². The summed E-state index contributed by atoms with van der Waals surface area (Å²) >= 11 is 1.61. The van der Waals surface area contributed by atoms with Crippen molar-refractivity contribution in [1.82, 2.24) is 4.98 Å². The molecule has 2 heterocycles. The number of allylic oxidation sites excluding steroid dienone is 1. The van der Waals surface area contributed by atoms with Gasteiger partial charge in [0.1, 0.15) is 0 Å². The van der Waals surface area contributed by atoms with Gasteiger partial charge in [-0.2, -0.15) is 0 Å². The fraction of sp³-hybridized carbons (Fsp3) is 0.500. The van der Waals surface area contributed by atoms with Gasteiger partial charge in [0, 0.05) is 25.3 Å². The molecule has 1 aliphatic heterocycles. The fourth-order valence-corrected chi connectivity index (χ4v) is 2.96. The van der Waals surface area contributed by atoms with Crippen LogP contribution in [0.4, 0.5) is 0 Å². The maximum atomic E-state index is 12.2. The number of aromatic nitrogens is 1. The average Bonchev–Trinajstić information content (AvgIpc) is 2.53. The van der Waals surface area contributed by atoms with E-state index in [0.717, 1.165) is 43.1 Å². The minimum atomic E-state index is -0.112. The molecule has 20 heavy (non-hydrogen) atoms. The molecule has 1 fully saturated rings. The Balaban J connectivity index is 2.12. The molecule has 0 N–H and O–H groups in total. The van der Waals surface area contributed by atoms with E-state index >= 15 is 0 Å². The van der Waals surface area contributed by atoms with Crippen molar-refractivity contribution in [3.63, 3.8) is 0 Å². The average molecular weight is 291 g/mol. The van der Waals surface area contributed by atoms with Crippen molar-refractivity contribution in [1.29, 1.82) is 0 Å². The van der Waals surface area contributed by atoms with Crippen molar-refractivity contribution < 1.29 is 9.53 Å². The number of carbonyl (C=O) groups excluding carboxylic acids is 1. The first-order valence-electron chi connectivity index (χ1n) is 6.98. The lowest BCUT2D eigenvalue weighted by molar-refractivity contribution is -0.116. The molecule has 0 radical (unpaired) electrons. The molecule has 0 aromatic carbocycles. The number of ketones is 1. The van der Waals surface area contributed by atoms with E-state index in [1.165, 1.54) is 6.08 Å². The van der Waals surface area contributed by atoms with E-state index in [9.17, 15) is 4.79 Å². The third kappa shape index (κ3) is 3.93. The first-order chi connectivity index (χ1) is 9.74. The van der Waals surface area contributed by atoms with Gasteiger partial charge in [-0.25, -0.2) is 4.98 Å². The Labute approximate surface area is 124 Å². The van der Waals surface area contributed by atoms with Crippen LogP contribution in [-0.4, -0.2) is 30.2 Å². The number of pyridine rings is 1. The van der Waals surface area contributed by atoms with Crippen molar-refractivity contribution in [2.75, 3.05) is 19.5 Å². The van der Waals surface area contributed by atoms with E-state index in [2.05, 4.69) is 11.6 Å². The van der Waals surface area contributed by atoms with Gasteiger partial charge < -0.3 is 4.74 Å². The van der Waals surface area contributed by atoms with Crippen molar-refractivity contribution in [3.05, 3.63) is 36.5 Å². The third-order valence-corrected chi connectivity index (χ3v) is 4.49. The van der Waals surface area contributed by atoms with Crippen LogP contribution in [0, 0.1) is 5.92 Å². The molecule has 1 saturated heterocycles. The Morgan fingerprint density at radius 3 is 2.85 bits per heavy atom. The van der Waals surface area contributed by atoms with Gasteiger partial charge in [0.05, 0.1) is 5.03 Å². The Hall–Kier alpha value is -1.13. The highest BCUT2D eigenvalue weighted by molar-refractivity contribution is 7.98. The second-order valence-electron chi connectivity index (χ2n) is 5.08. The first-order valence-corrected chi connectivity index (χ1v) is 8.21. The van der Waals surface area contributed by atoms with E-state index in [4.69, 9.17) is 4.74 Å². The van der Waals surface area contributed by atoms with E-state index in [1.807, 2.05) is 24.6 Å². The predicted molar refractivity (Wildman–Crippen MR) is 82.1 cm³/mol. The lowest BCUT2D eigenvalue weighted by Crippen LogP contribution is -2.21. The molecular weight excluding hydrogens is 270 g/mol. The maximum absolute atomic E-state index is 12.2. The van der Waals surface area contributed by atoms with Crippen LogP contribution in [-0.2, 0) is 9.53 Å². The molecule has 1 unspecified atom stereocenters. The normalized spacial score (nSPS) is 17.6. The van der Waals surface area contributed by atoms with Crippen LogP contribution in [0.1, 0.15) is 30.7 Å². The quantitative estimate of drug-likeness (QED) is 0.594. The molecule has 1 atom stereocenters. The van der Waals surface area contributed by atoms with Gasteiger partial charge in [0.25, 0.3) is 0 Å². The number of thioether (sulfide) groups is 1. The molecule has 0 aliphatic carbocycles. The summed E-state index contributed by atoms with van der Waals surface area (Å²) in [5, 5.41) is 0.976. The number of nitrogens with zero attached hydrogens (tertiary/aromatic N) is 1. The number of hydrogen-bond donors (Lipinski definition) is 0. The molecule has 0 bridgehead atoms. The van der Waals surface area contributed by atoms with Crippen molar-refractivity contribution >= 4 is 17.5 Å². The summed E-state index contributed by atoms with van der Waals surface area (Å²) in [5.41, 5.74) is 0.999. The lowest BCUT2D eigenvalue weighted by Gasteiger charge is -2.25. The van der Waals surface area contributed by atoms with E-state index in [-0.39, 0.29) is 11.7 Å². The summed E-state index contributed by atoms with van der Waals surface area (Å²) in [6.07, 6.45) is 8.21. The first kappa shape index (κ1) is 15.3. The minimum absolute atomic E-state index is 0.0928. The highest BCUT2D eigenvalue weighted by Crippen LogP contribution is 2.30. The molecule has 0 saturated carbocycles. The zero-order chi connectivity index (χ0) is 14.4. The third-order valence-electron chi connectivity index (χ3n) is 3.83. The highest BCUT2D eigenvalue weighted by Gasteiger charge is 2.24. The summed E-state index contributed by atoms with van der Waals surface area (Å²) in [5.74, 6) is 0.534. The zero-order valence-corrected chi connectivity index (χ0v) is 12.7. The zero-order valence-electron chi connectivity index (χ0n) is 11.9. The molecule has 1 aromatic heterocycles. The Kier molecular flexibility index (Phi) is 5.80. The van der Waals surface area contributed by atoms with Crippen LogP contribution < -0.4 is 0 Å². The molecule has 3 nitrogen and oxygen atoms in total. The van der Waals surface area contributed by atoms with Gasteiger partial charge in [0.2, 0.25) is 0 Å². The molecule has 108 valence electrons. The fourth-order valence-electron chi connectivity index (χ4n) is 2.59. The van der Waals surface area contributed by atoms with Crippen LogP contribution in [0.25, 0.3) is 0 Å². The van der Waals surface area contributed by atoms with Crippen molar-refractivity contribution in [2.45, 2.75) is 30.2 Å². The summed E-state index contributed by atoms with van der Waals surface area (Å²) in [6, 6.07) is 4.00. The van der Waals surface area contributed by atoms with E-state index in [0.29, 0.717) is 5.92 Å². The minimum Gasteiger partial charge on any atom is -0.381 e. The number of rotatable bonds is 6. The molecular formula is C16H21NO2S.